The van der Waals surface area contributed by atoms with Crippen LogP contribution in [0.4, 0.5) is 10.3 Å². The fourth-order valence-electron chi connectivity index (χ4n) is 3.76. The Morgan fingerprint density at radius 1 is 1.35 bits per heavy atom. The lowest BCUT2D eigenvalue weighted by atomic mass is 9.87. The first-order chi connectivity index (χ1) is 16.8. The number of rotatable bonds is 9. The van der Waals surface area contributed by atoms with Crippen LogP contribution in [0.5, 0.6) is 0 Å². The number of aliphatic hydroxyl groups is 1. The van der Waals surface area contributed by atoms with Crippen molar-refractivity contribution in [2.75, 3.05) is 12.3 Å². The number of anilines is 1. The van der Waals surface area contributed by atoms with E-state index in [0.717, 1.165) is 17.7 Å². The van der Waals surface area contributed by atoms with Gasteiger partial charge in [-0.05, 0) is 6.92 Å². The molecule has 3 rings (SSSR count). The molecule has 4 unspecified atom stereocenters. The van der Waals surface area contributed by atoms with Crippen molar-refractivity contribution >= 4 is 52.1 Å². The summed E-state index contributed by atoms with van der Waals surface area (Å²) in [6.45, 7) is 0.230. The fraction of sp³-hybridized carbons (Fsp3) is 0.467. The summed E-state index contributed by atoms with van der Waals surface area (Å²) >= 11 is 6.58. The minimum atomic E-state index is -5.82. The van der Waals surface area contributed by atoms with Crippen LogP contribution in [0.15, 0.2) is 11.0 Å². The molecule has 1 aliphatic rings. The molecule has 2 aromatic heterocycles. The Kier molecular flexibility index (Phi) is 8.19. The summed E-state index contributed by atoms with van der Waals surface area (Å²) in [4.78, 5) is 52.5. The van der Waals surface area contributed by atoms with Gasteiger partial charge in [0.25, 0.3) is 5.56 Å². The Morgan fingerprint density at radius 3 is 2.51 bits per heavy atom. The molecule has 1 fully saturated rings. The molecule has 0 radical (unpaired) electrons. The average molecular weight is 611 g/mol. The molecule has 206 valence electrons. The maximum atomic E-state index is 14.6. The van der Waals surface area contributed by atoms with Gasteiger partial charge in [0.15, 0.2) is 22.6 Å². The molecule has 0 aromatic carbocycles. The normalized spacial score (nSPS) is 28.5. The third-order valence-electron chi connectivity index (χ3n) is 5.08. The molecular weight excluding hydrogens is 592 g/mol. The maximum absolute atomic E-state index is 14.6. The number of phosphoric ester groups is 1. The summed E-state index contributed by atoms with van der Waals surface area (Å²) in [7, 11) is -17.1. The van der Waals surface area contributed by atoms with Crippen molar-refractivity contribution in [2.24, 2.45) is 5.92 Å². The van der Waals surface area contributed by atoms with Crippen LogP contribution in [0.2, 0.25) is 0 Å². The molecule has 1 saturated heterocycles. The van der Waals surface area contributed by atoms with Crippen molar-refractivity contribution in [3.63, 3.8) is 0 Å². The standard InChI is InChI=1S/C15H19ClFN4O13P3/c1-3-15(16)7(5-22)10(6(2)32-36(27,28)34-37(29,30)33-35(24,25)26)31-13(15)21-4-8(17)9-11(21)19-14(18)20-12(9)23/h1,4,6-7,10,13,22H,5H2,2H3,(H,27,28)(H,29,30)(H2,24,25,26)(H3,18,19,20,23)/t6-,7?,10+,13+,15?/m0/s1. The van der Waals surface area contributed by atoms with Crippen molar-refractivity contribution in [1.82, 2.24) is 14.5 Å². The van der Waals surface area contributed by atoms with Gasteiger partial charge in [0, 0.05) is 12.1 Å². The number of fused-ring (bicyclic) bond motifs is 1. The molecule has 7 atom stereocenters. The Balaban J connectivity index is 1.97. The van der Waals surface area contributed by atoms with Gasteiger partial charge in [-0.1, -0.05) is 17.5 Å². The number of hydrogen-bond donors (Lipinski definition) is 7. The van der Waals surface area contributed by atoms with Gasteiger partial charge in [0.1, 0.15) is 5.39 Å². The van der Waals surface area contributed by atoms with Crippen molar-refractivity contribution in [1.29, 1.82) is 0 Å². The van der Waals surface area contributed by atoms with E-state index < -0.39 is 82.0 Å². The highest BCUT2D eigenvalue weighted by atomic mass is 35.5. The Morgan fingerprint density at radius 2 is 1.97 bits per heavy atom. The molecule has 3 heterocycles. The molecular formula is C15H19ClFN4O13P3. The molecule has 0 saturated carbocycles. The maximum Gasteiger partial charge on any atom is 0.490 e. The number of alkyl halides is 1. The van der Waals surface area contributed by atoms with Crippen LogP contribution >= 0.6 is 35.1 Å². The predicted molar refractivity (Wildman–Crippen MR) is 121 cm³/mol. The number of aromatic amines is 1. The molecule has 22 heteroatoms. The van der Waals surface area contributed by atoms with Gasteiger partial charge in [0.05, 0.1) is 18.8 Å². The molecule has 17 nitrogen and oxygen atoms in total. The Bertz CT molecular complexity index is 1460. The van der Waals surface area contributed by atoms with E-state index in [2.05, 4.69) is 24.5 Å². The number of phosphoric acid groups is 3. The van der Waals surface area contributed by atoms with Gasteiger partial charge < -0.3 is 35.2 Å². The van der Waals surface area contributed by atoms with Gasteiger partial charge in [-0.2, -0.15) is 13.6 Å². The van der Waals surface area contributed by atoms with Gasteiger partial charge in [0.2, 0.25) is 5.95 Å². The number of terminal acetylenes is 1. The number of aliphatic hydroxyl groups excluding tert-OH is 1. The zero-order valence-corrected chi connectivity index (χ0v) is 21.7. The number of hydrogen-bond acceptors (Lipinski definition) is 11. The fourth-order valence-corrected chi connectivity index (χ4v) is 7.31. The number of nitrogen functional groups attached to an aromatic ring is 1. The highest BCUT2D eigenvalue weighted by molar-refractivity contribution is 7.66. The summed E-state index contributed by atoms with van der Waals surface area (Å²) in [5.41, 5.74) is 4.26. The molecule has 0 amide bonds. The molecule has 0 aliphatic carbocycles. The zero-order valence-electron chi connectivity index (χ0n) is 18.2. The van der Waals surface area contributed by atoms with Gasteiger partial charge in [-0.3, -0.25) is 18.9 Å². The molecule has 8 N–H and O–H groups in total. The first kappa shape index (κ1) is 29.9. The Hall–Kier alpha value is -1.67. The second-order valence-electron chi connectivity index (χ2n) is 7.59. The van der Waals surface area contributed by atoms with E-state index in [9.17, 15) is 37.8 Å². The van der Waals surface area contributed by atoms with Gasteiger partial charge >= 0.3 is 23.5 Å². The number of nitrogens with one attached hydrogen (secondary N) is 1. The van der Waals surface area contributed by atoms with Crippen LogP contribution in [0, 0.1) is 24.1 Å². The lowest BCUT2D eigenvalue weighted by Crippen LogP contribution is -2.41. The SMILES string of the molecule is C#CC1(Cl)C(CO)[C@@H]([C@H](C)OP(=O)(O)OP(=O)(O)OP(=O)(O)O)O[C@H]1n1cc(F)c2c(=O)[nH]c(N)nc21. The first-order valence-electron chi connectivity index (χ1n) is 9.65. The van der Waals surface area contributed by atoms with Gasteiger partial charge in [-0.25, -0.2) is 18.1 Å². The predicted octanol–water partition coefficient (Wildman–Crippen LogP) is 0.294. The van der Waals surface area contributed by atoms with E-state index in [1.165, 1.54) is 0 Å². The summed E-state index contributed by atoms with van der Waals surface area (Å²) in [5.74, 6) is -0.598. The number of aromatic nitrogens is 3. The smallest absolute Gasteiger partial charge is 0.396 e. The second kappa shape index (κ2) is 10.1. The molecule has 37 heavy (non-hydrogen) atoms. The van der Waals surface area contributed by atoms with E-state index in [0.29, 0.717) is 0 Å². The minimum absolute atomic E-state index is 0.345. The molecule has 1 aliphatic heterocycles. The lowest BCUT2D eigenvalue weighted by Gasteiger charge is -2.28. The molecule has 2 aromatic rings. The highest BCUT2D eigenvalue weighted by Crippen LogP contribution is 2.67. The van der Waals surface area contributed by atoms with Crippen LogP contribution < -0.4 is 11.3 Å². The highest BCUT2D eigenvalue weighted by Gasteiger charge is 2.58. The zero-order chi connectivity index (χ0) is 28.1. The van der Waals surface area contributed by atoms with Crippen molar-refractivity contribution in [3.05, 3.63) is 22.4 Å². The number of nitrogens with two attached hydrogens (primary N) is 1. The second-order valence-corrected chi connectivity index (χ2v) is 12.6. The van der Waals surface area contributed by atoms with Crippen LogP contribution in [0.1, 0.15) is 13.2 Å². The first-order valence-corrected chi connectivity index (χ1v) is 14.5. The number of ether oxygens (including phenoxy) is 1. The lowest BCUT2D eigenvalue weighted by molar-refractivity contribution is -0.0641. The number of nitrogens with zero attached hydrogens (tertiary/aromatic N) is 2. The van der Waals surface area contributed by atoms with E-state index in [-0.39, 0.29) is 5.65 Å². The third kappa shape index (κ3) is 6.16. The van der Waals surface area contributed by atoms with Gasteiger partial charge in [-0.15, -0.1) is 6.42 Å². The topological polar surface area (TPSA) is 266 Å². The Labute approximate surface area is 210 Å². The van der Waals surface area contributed by atoms with Crippen LogP contribution in [0.25, 0.3) is 11.0 Å². The largest absolute Gasteiger partial charge is 0.490 e. The van der Waals surface area contributed by atoms with Crippen molar-refractivity contribution in [2.45, 2.75) is 30.2 Å². The van der Waals surface area contributed by atoms with E-state index >= 15 is 0 Å². The minimum Gasteiger partial charge on any atom is -0.396 e. The summed E-state index contributed by atoms with van der Waals surface area (Å²) in [6.07, 6.45) is 1.61. The molecule has 0 bridgehead atoms. The van der Waals surface area contributed by atoms with E-state index in [1.54, 1.807) is 0 Å². The average Bonchev–Trinajstić information content (AvgIpc) is 3.18. The van der Waals surface area contributed by atoms with Crippen LogP contribution in [0.3, 0.4) is 0 Å². The molecule has 0 spiro atoms. The van der Waals surface area contributed by atoms with Crippen molar-refractivity contribution in [3.8, 4) is 12.3 Å². The van der Waals surface area contributed by atoms with E-state index in [1.807, 2.05) is 0 Å². The van der Waals surface area contributed by atoms with E-state index in [4.69, 9.17) is 42.8 Å². The van der Waals surface area contributed by atoms with Crippen molar-refractivity contribution < 1.29 is 60.6 Å². The summed E-state index contributed by atoms with van der Waals surface area (Å²) < 4.78 is 67.9. The van der Waals surface area contributed by atoms with Crippen LogP contribution in [-0.4, -0.2) is 62.9 Å². The monoisotopic (exact) mass is 610 g/mol. The quantitative estimate of drug-likeness (QED) is 0.114. The summed E-state index contributed by atoms with van der Waals surface area (Å²) in [6, 6.07) is 0. The third-order valence-corrected chi connectivity index (χ3v) is 9.59. The summed E-state index contributed by atoms with van der Waals surface area (Å²) in [5, 5.41) is 9.46. The number of H-pyrrole nitrogens is 1. The van der Waals surface area contributed by atoms with Crippen LogP contribution in [-0.2, 0) is 31.6 Å². The number of halogens is 2.